The third-order valence-corrected chi connectivity index (χ3v) is 6.91. The van der Waals surface area contributed by atoms with Crippen LogP contribution >= 0.6 is 31.9 Å². The maximum absolute atomic E-state index is 13.0. The molecule has 1 aromatic heterocycles. The van der Waals surface area contributed by atoms with Crippen LogP contribution in [0.4, 0.5) is 5.82 Å². The zero-order chi connectivity index (χ0) is 19.8. The van der Waals surface area contributed by atoms with Gasteiger partial charge in [0.15, 0.2) is 5.82 Å². The number of aromatic nitrogens is 2. The average molecular weight is 513 g/mol. The van der Waals surface area contributed by atoms with Crippen LogP contribution in [0.3, 0.4) is 0 Å². The van der Waals surface area contributed by atoms with Gasteiger partial charge in [0, 0.05) is 14.5 Å². The van der Waals surface area contributed by atoms with Gasteiger partial charge in [0.1, 0.15) is 0 Å². The molecule has 0 atom stereocenters. The number of aromatic amines is 1. The van der Waals surface area contributed by atoms with Crippen LogP contribution in [0.25, 0.3) is 11.3 Å². The lowest BCUT2D eigenvalue weighted by Gasteiger charge is -2.13. The van der Waals surface area contributed by atoms with E-state index in [9.17, 15) is 8.42 Å². The molecule has 0 radical (unpaired) electrons. The smallest absolute Gasteiger partial charge is 0.263 e. The van der Waals surface area contributed by atoms with Crippen molar-refractivity contribution in [2.75, 3.05) is 4.72 Å². The van der Waals surface area contributed by atoms with Crippen molar-refractivity contribution in [3.63, 3.8) is 0 Å². The van der Waals surface area contributed by atoms with Gasteiger partial charge in [-0.25, -0.2) is 8.42 Å². The van der Waals surface area contributed by atoms with E-state index in [4.69, 9.17) is 0 Å². The van der Waals surface area contributed by atoms with Gasteiger partial charge in [-0.2, -0.15) is 5.10 Å². The maximum Gasteiger partial charge on any atom is 0.263 e. The summed E-state index contributed by atoms with van der Waals surface area (Å²) in [5, 5.41) is 7.21. The fourth-order valence-corrected chi connectivity index (χ4v) is 5.59. The Bertz CT molecular complexity index is 1070. The molecule has 0 aliphatic rings. The number of H-pyrrole nitrogens is 1. The highest BCUT2D eigenvalue weighted by atomic mass is 79.9. The number of aryl methyl sites for hydroxylation is 2. The molecule has 8 heteroatoms. The minimum Gasteiger partial charge on any atom is -0.275 e. The molecule has 3 aromatic rings. The summed E-state index contributed by atoms with van der Waals surface area (Å²) in [7, 11) is -3.76. The van der Waals surface area contributed by atoms with Crippen molar-refractivity contribution in [2.24, 2.45) is 0 Å². The molecule has 0 aliphatic heterocycles. The molecule has 1 heterocycles. The van der Waals surface area contributed by atoms with Crippen LogP contribution in [-0.4, -0.2) is 18.6 Å². The molecule has 142 valence electrons. The van der Waals surface area contributed by atoms with Crippen molar-refractivity contribution in [1.29, 1.82) is 0 Å². The zero-order valence-corrected chi connectivity index (χ0v) is 19.1. The van der Waals surface area contributed by atoms with Crippen LogP contribution in [0, 0.1) is 13.8 Å². The standard InChI is InChI=1S/C19H19Br2N3O2S/c1-4-16-17(13-5-7-14(20)8-6-13)22-23-19(16)24-27(25,26)18-11(2)9-15(21)10-12(18)3/h5-10H,4H2,1-3H3,(H2,22,23,24). The maximum atomic E-state index is 13.0. The van der Waals surface area contributed by atoms with Gasteiger partial charge in [-0.15, -0.1) is 0 Å². The van der Waals surface area contributed by atoms with Crippen molar-refractivity contribution >= 4 is 47.7 Å². The third-order valence-electron chi connectivity index (χ3n) is 4.28. The first-order chi connectivity index (χ1) is 12.7. The van der Waals surface area contributed by atoms with E-state index in [2.05, 4.69) is 46.8 Å². The van der Waals surface area contributed by atoms with Crippen molar-refractivity contribution < 1.29 is 8.42 Å². The molecule has 0 saturated heterocycles. The van der Waals surface area contributed by atoms with Crippen LogP contribution in [0.1, 0.15) is 23.6 Å². The first kappa shape index (κ1) is 20.1. The molecule has 2 N–H and O–H groups in total. The molecule has 3 rings (SSSR count). The Morgan fingerprint density at radius 1 is 1.04 bits per heavy atom. The molecular weight excluding hydrogens is 494 g/mol. The highest BCUT2D eigenvalue weighted by Gasteiger charge is 2.23. The number of nitrogens with one attached hydrogen (secondary N) is 2. The Labute approximate surface area is 175 Å². The van der Waals surface area contributed by atoms with Gasteiger partial charge in [0.2, 0.25) is 0 Å². The molecular formula is C19H19Br2N3O2S. The van der Waals surface area contributed by atoms with Crippen LogP contribution < -0.4 is 4.72 Å². The number of hydrogen-bond donors (Lipinski definition) is 2. The number of sulfonamides is 1. The topological polar surface area (TPSA) is 74.8 Å². The van der Waals surface area contributed by atoms with Crippen LogP contribution in [-0.2, 0) is 16.4 Å². The summed E-state index contributed by atoms with van der Waals surface area (Å²) >= 11 is 6.82. The number of benzene rings is 2. The fourth-order valence-electron chi connectivity index (χ4n) is 3.15. The van der Waals surface area contributed by atoms with E-state index < -0.39 is 10.0 Å². The molecule has 2 aromatic carbocycles. The van der Waals surface area contributed by atoms with Crippen molar-refractivity contribution in [3.8, 4) is 11.3 Å². The second kappa shape index (κ2) is 7.77. The highest BCUT2D eigenvalue weighted by molar-refractivity contribution is 9.10. The van der Waals surface area contributed by atoms with E-state index in [1.165, 1.54) is 0 Å². The Kier molecular flexibility index (Phi) is 5.79. The minimum absolute atomic E-state index is 0.279. The second-order valence-corrected chi connectivity index (χ2v) is 9.71. The SMILES string of the molecule is CCc1c(NS(=O)(=O)c2c(C)cc(Br)cc2C)n[nH]c1-c1ccc(Br)cc1. The van der Waals surface area contributed by atoms with Gasteiger partial charge in [-0.1, -0.05) is 50.9 Å². The molecule has 0 saturated carbocycles. The third kappa shape index (κ3) is 4.12. The molecule has 0 spiro atoms. The van der Waals surface area contributed by atoms with Crippen molar-refractivity contribution in [2.45, 2.75) is 32.1 Å². The van der Waals surface area contributed by atoms with E-state index in [1.807, 2.05) is 31.2 Å². The van der Waals surface area contributed by atoms with Gasteiger partial charge in [0.25, 0.3) is 10.0 Å². The average Bonchev–Trinajstić information content (AvgIpc) is 2.96. The van der Waals surface area contributed by atoms with Gasteiger partial charge in [-0.3, -0.25) is 9.82 Å². The summed E-state index contributed by atoms with van der Waals surface area (Å²) in [6.45, 7) is 5.54. The van der Waals surface area contributed by atoms with E-state index in [-0.39, 0.29) is 4.90 Å². The quantitative estimate of drug-likeness (QED) is 0.468. The van der Waals surface area contributed by atoms with Crippen molar-refractivity contribution in [3.05, 3.63) is 62.0 Å². The number of hydrogen-bond acceptors (Lipinski definition) is 3. The van der Waals surface area contributed by atoms with Gasteiger partial charge >= 0.3 is 0 Å². The first-order valence-electron chi connectivity index (χ1n) is 8.35. The van der Waals surface area contributed by atoms with Gasteiger partial charge in [-0.05, 0) is 61.2 Å². The normalized spacial score (nSPS) is 11.6. The summed E-state index contributed by atoms with van der Waals surface area (Å²) < 4.78 is 30.5. The Balaban J connectivity index is 2.02. The number of rotatable bonds is 5. The lowest BCUT2D eigenvalue weighted by molar-refractivity contribution is 0.599. The lowest BCUT2D eigenvalue weighted by Crippen LogP contribution is -2.17. The molecule has 5 nitrogen and oxygen atoms in total. The lowest BCUT2D eigenvalue weighted by atomic mass is 10.1. The van der Waals surface area contributed by atoms with Crippen LogP contribution in [0.2, 0.25) is 0 Å². The Morgan fingerprint density at radius 3 is 2.19 bits per heavy atom. The summed E-state index contributed by atoms with van der Waals surface area (Å²) in [6.07, 6.45) is 0.637. The zero-order valence-electron chi connectivity index (χ0n) is 15.1. The summed E-state index contributed by atoms with van der Waals surface area (Å²) in [6, 6.07) is 11.4. The number of anilines is 1. The molecule has 27 heavy (non-hydrogen) atoms. The monoisotopic (exact) mass is 511 g/mol. The number of halogens is 2. The molecule has 0 amide bonds. The van der Waals surface area contributed by atoms with Crippen LogP contribution in [0.15, 0.2) is 50.2 Å². The molecule has 0 bridgehead atoms. The van der Waals surface area contributed by atoms with E-state index >= 15 is 0 Å². The van der Waals surface area contributed by atoms with Gasteiger partial charge in [0.05, 0.1) is 10.6 Å². The predicted molar refractivity (Wildman–Crippen MR) is 116 cm³/mol. The highest BCUT2D eigenvalue weighted by Crippen LogP contribution is 2.31. The summed E-state index contributed by atoms with van der Waals surface area (Å²) in [4.78, 5) is 0.279. The summed E-state index contributed by atoms with van der Waals surface area (Å²) in [5.74, 6) is 0.331. The largest absolute Gasteiger partial charge is 0.275 e. The van der Waals surface area contributed by atoms with E-state index in [0.29, 0.717) is 23.4 Å². The Morgan fingerprint density at radius 2 is 1.63 bits per heavy atom. The molecule has 0 unspecified atom stereocenters. The van der Waals surface area contributed by atoms with Gasteiger partial charge < -0.3 is 0 Å². The molecule has 0 aliphatic carbocycles. The van der Waals surface area contributed by atoms with E-state index in [1.54, 1.807) is 26.0 Å². The number of nitrogens with zero attached hydrogens (tertiary/aromatic N) is 1. The predicted octanol–water partition coefficient (Wildman–Crippen LogP) is 5.58. The van der Waals surface area contributed by atoms with Crippen molar-refractivity contribution in [1.82, 2.24) is 10.2 Å². The minimum atomic E-state index is -3.76. The fraction of sp³-hybridized carbons (Fsp3) is 0.211. The molecule has 0 fully saturated rings. The Hall–Kier alpha value is -1.64. The first-order valence-corrected chi connectivity index (χ1v) is 11.4. The second-order valence-electron chi connectivity index (χ2n) is 6.26. The van der Waals surface area contributed by atoms with Crippen LogP contribution in [0.5, 0.6) is 0 Å². The van der Waals surface area contributed by atoms with E-state index in [0.717, 1.165) is 25.8 Å². The summed E-state index contributed by atoms with van der Waals surface area (Å²) in [5.41, 5.74) is 3.94.